The summed E-state index contributed by atoms with van der Waals surface area (Å²) in [5, 5.41) is 2.75. The van der Waals surface area contributed by atoms with Crippen LogP contribution in [0.2, 0.25) is 0 Å². The van der Waals surface area contributed by atoms with E-state index < -0.39 is 11.7 Å². The Bertz CT molecular complexity index is 614. The Hall–Kier alpha value is -2.37. The van der Waals surface area contributed by atoms with Crippen LogP contribution in [-0.2, 0) is 4.74 Å². The zero-order valence-electron chi connectivity index (χ0n) is 14.6. The number of nitrogens with one attached hydrogen (secondary N) is 1. The van der Waals surface area contributed by atoms with Gasteiger partial charge >= 0.3 is 6.09 Å². The molecule has 0 aliphatic carbocycles. The van der Waals surface area contributed by atoms with E-state index in [4.69, 9.17) is 4.74 Å². The largest absolute Gasteiger partial charge is 0.444 e. The number of carbonyl (C=O) groups is 3. The van der Waals surface area contributed by atoms with Gasteiger partial charge in [-0.05, 0) is 52.7 Å². The van der Waals surface area contributed by atoms with Gasteiger partial charge in [0.25, 0.3) is 11.8 Å². The molecule has 6 nitrogen and oxygen atoms in total. The maximum absolute atomic E-state index is 12.2. The monoisotopic (exact) mass is 332 g/mol. The van der Waals surface area contributed by atoms with Crippen molar-refractivity contribution in [2.24, 2.45) is 0 Å². The maximum atomic E-state index is 12.2. The van der Waals surface area contributed by atoms with Crippen molar-refractivity contribution in [3.8, 4) is 0 Å². The molecule has 2 rings (SSSR count). The SMILES string of the molecule is C[C@@H](CCCN1C(=O)c2ccccc2C1=O)NC(=O)OC(C)(C)C. The molecule has 1 heterocycles. The summed E-state index contributed by atoms with van der Waals surface area (Å²) in [7, 11) is 0. The van der Waals surface area contributed by atoms with Crippen molar-refractivity contribution in [2.45, 2.75) is 52.2 Å². The van der Waals surface area contributed by atoms with Crippen LogP contribution in [0, 0.1) is 0 Å². The summed E-state index contributed by atoms with van der Waals surface area (Å²) in [6.45, 7) is 7.62. The molecule has 24 heavy (non-hydrogen) atoms. The Morgan fingerprint density at radius 1 is 1.17 bits per heavy atom. The van der Waals surface area contributed by atoms with Crippen LogP contribution < -0.4 is 5.32 Å². The maximum Gasteiger partial charge on any atom is 0.407 e. The average Bonchev–Trinajstić information content (AvgIpc) is 2.70. The molecule has 0 bridgehead atoms. The summed E-state index contributed by atoms with van der Waals surface area (Å²) >= 11 is 0. The molecule has 0 saturated carbocycles. The van der Waals surface area contributed by atoms with Gasteiger partial charge in [0.05, 0.1) is 11.1 Å². The number of fused-ring (bicyclic) bond motifs is 1. The summed E-state index contributed by atoms with van der Waals surface area (Å²) in [4.78, 5) is 37.4. The zero-order valence-corrected chi connectivity index (χ0v) is 14.6. The molecule has 0 saturated heterocycles. The quantitative estimate of drug-likeness (QED) is 0.841. The molecule has 130 valence electrons. The van der Waals surface area contributed by atoms with Gasteiger partial charge in [0, 0.05) is 12.6 Å². The van der Waals surface area contributed by atoms with Crippen LogP contribution in [0.25, 0.3) is 0 Å². The predicted octanol–water partition coefficient (Wildman–Crippen LogP) is 2.98. The van der Waals surface area contributed by atoms with Crippen molar-refractivity contribution in [2.75, 3.05) is 6.54 Å². The van der Waals surface area contributed by atoms with E-state index in [-0.39, 0.29) is 17.9 Å². The van der Waals surface area contributed by atoms with E-state index >= 15 is 0 Å². The van der Waals surface area contributed by atoms with Crippen LogP contribution >= 0.6 is 0 Å². The van der Waals surface area contributed by atoms with Gasteiger partial charge in [0.2, 0.25) is 0 Å². The summed E-state index contributed by atoms with van der Waals surface area (Å²) in [6.07, 6.45) is 0.797. The Kier molecular flexibility index (Phi) is 5.26. The molecule has 0 aromatic heterocycles. The first-order valence-electron chi connectivity index (χ1n) is 8.14. The van der Waals surface area contributed by atoms with Gasteiger partial charge in [-0.2, -0.15) is 0 Å². The normalized spacial score (nSPS) is 15.2. The van der Waals surface area contributed by atoms with Gasteiger partial charge in [0.15, 0.2) is 0 Å². The molecule has 1 aliphatic heterocycles. The van der Waals surface area contributed by atoms with E-state index in [1.54, 1.807) is 45.0 Å². The standard InChI is InChI=1S/C18H24N2O4/c1-12(19-17(23)24-18(2,3)4)8-7-11-20-15(21)13-9-5-6-10-14(13)16(20)22/h5-6,9-10,12H,7-8,11H2,1-4H3,(H,19,23)/t12-/m0/s1. The number of carbonyl (C=O) groups excluding carboxylic acids is 3. The second kappa shape index (κ2) is 7.03. The first kappa shape index (κ1) is 18.0. The highest BCUT2D eigenvalue weighted by Gasteiger charge is 2.34. The summed E-state index contributed by atoms with van der Waals surface area (Å²) < 4.78 is 5.20. The molecule has 3 amide bonds. The van der Waals surface area contributed by atoms with Crippen LogP contribution in [-0.4, -0.2) is 41.0 Å². The van der Waals surface area contributed by atoms with Gasteiger partial charge in [-0.15, -0.1) is 0 Å². The fourth-order valence-electron chi connectivity index (χ4n) is 2.58. The number of amides is 3. The van der Waals surface area contributed by atoms with Crippen molar-refractivity contribution >= 4 is 17.9 Å². The van der Waals surface area contributed by atoms with E-state index in [1.165, 1.54) is 4.90 Å². The third-order valence-corrected chi connectivity index (χ3v) is 3.66. The van der Waals surface area contributed by atoms with Crippen LogP contribution in [0.15, 0.2) is 24.3 Å². The van der Waals surface area contributed by atoms with Gasteiger partial charge in [0.1, 0.15) is 5.60 Å². The topological polar surface area (TPSA) is 75.7 Å². The van der Waals surface area contributed by atoms with Crippen LogP contribution in [0.1, 0.15) is 61.3 Å². The molecule has 0 spiro atoms. The Morgan fingerprint density at radius 2 is 1.71 bits per heavy atom. The molecular formula is C18H24N2O4. The minimum absolute atomic E-state index is 0.102. The summed E-state index contributed by atoms with van der Waals surface area (Å²) in [6, 6.07) is 6.74. The van der Waals surface area contributed by atoms with Crippen molar-refractivity contribution in [1.29, 1.82) is 0 Å². The van der Waals surface area contributed by atoms with Gasteiger partial charge in [-0.3, -0.25) is 14.5 Å². The zero-order chi connectivity index (χ0) is 17.9. The van der Waals surface area contributed by atoms with E-state index in [9.17, 15) is 14.4 Å². The lowest BCUT2D eigenvalue weighted by atomic mass is 10.1. The van der Waals surface area contributed by atoms with Crippen LogP contribution in [0.3, 0.4) is 0 Å². The molecule has 6 heteroatoms. The number of ether oxygens (including phenoxy) is 1. The fraction of sp³-hybridized carbons (Fsp3) is 0.500. The highest BCUT2D eigenvalue weighted by molar-refractivity contribution is 6.21. The summed E-state index contributed by atoms with van der Waals surface area (Å²) in [5.41, 5.74) is 0.383. The molecule has 0 radical (unpaired) electrons. The average molecular weight is 332 g/mol. The number of rotatable bonds is 5. The highest BCUT2D eigenvalue weighted by Crippen LogP contribution is 2.22. The molecule has 0 fully saturated rings. The Balaban J connectivity index is 1.80. The fourth-order valence-corrected chi connectivity index (χ4v) is 2.58. The van der Waals surface area contributed by atoms with Crippen LogP contribution in [0.4, 0.5) is 4.79 Å². The number of imide groups is 1. The molecule has 1 atom stereocenters. The van der Waals surface area contributed by atoms with Crippen molar-refractivity contribution in [1.82, 2.24) is 10.2 Å². The number of nitrogens with zero attached hydrogens (tertiary/aromatic N) is 1. The first-order valence-corrected chi connectivity index (χ1v) is 8.14. The lowest BCUT2D eigenvalue weighted by Crippen LogP contribution is -2.38. The van der Waals surface area contributed by atoms with Crippen molar-refractivity contribution < 1.29 is 19.1 Å². The molecule has 0 unspecified atom stereocenters. The lowest BCUT2D eigenvalue weighted by molar-refractivity contribution is 0.0500. The first-order chi connectivity index (χ1) is 11.2. The number of benzene rings is 1. The number of hydrogen-bond acceptors (Lipinski definition) is 4. The smallest absolute Gasteiger partial charge is 0.407 e. The van der Waals surface area contributed by atoms with E-state index in [0.717, 1.165) is 0 Å². The minimum atomic E-state index is -0.538. The van der Waals surface area contributed by atoms with E-state index in [1.807, 2.05) is 6.92 Å². The predicted molar refractivity (Wildman–Crippen MR) is 89.9 cm³/mol. The highest BCUT2D eigenvalue weighted by atomic mass is 16.6. The van der Waals surface area contributed by atoms with Gasteiger partial charge in [-0.1, -0.05) is 12.1 Å². The summed E-state index contributed by atoms with van der Waals surface area (Å²) in [5.74, 6) is -0.494. The Morgan fingerprint density at radius 3 is 2.21 bits per heavy atom. The Labute approximate surface area is 142 Å². The number of alkyl carbamates (subject to hydrolysis) is 1. The second-order valence-electron chi connectivity index (χ2n) is 7.00. The molecule has 1 aromatic rings. The molecule has 1 aromatic carbocycles. The van der Waals surface area contributed by atoms with Gasteiger partial charge < -0.3 is 10.1 Å². The van der Waals surface area contributed by atoms with Crippen LogP contribution in [0.5, 0.6) is 0 Å². The third-order valence-electron chi connectivity index (χ3n) is 3.66. The third kappa shape index (κ3) is 4.34. The molecule has 1 N–H and O–H groups in total. The number of hydrogen-bond donors (Lipinski definition) is 1. The molecular weight excluding hydrogens is 308 g/mol. The molecule has 1 aliphatic rings. The van der Waals surface area contributed by atoms with Crippen molar-refractivity contribution in [3.63, 3.8) is 0 Å². The van der Waals surface area contributed by atoms with Crippen molar-refractivity contribution in [3.05, 3.63) is 35.4 Å². The van der Waals surface area contributed by atoms with E-state index in [0.29, 0.717) is 30.5 Å². The lowest BCUT2D eigenvalue weighted by Gasteiger charge is -2.22. The van der Waals surface area contributed by atoms with Gasteiger partial charge in [-0.25, -0.2) is 4.79 Å². The van der Waals surface area contributed by atoms with E-state index in [2.05, 4.69) is 5.32 Å². The second-order valence-corrected chi connectivity index (χ2v) is 7.00. The minimum Gasteiger partial charge on any atom is -0.444 e.